The average Bonchev–Trinajstić information content (AvgIpc) is 2.71. The van der Waals surface area contributed by atoms with Gasteiger partial charge in [0.15, 0.2) is 0 Å². The topological polar surface area (TPSA) is 12.0 Å². The van der Waals surface area contributed by atoms with Gasteiger partial charge in [0.2, 0.25) is 0 Å². The molecule has 1 aromatic carbocycles. The average molecular weight is 296 g/mol. The van der Waals surface area contributed by atoms with Crippen LogP contribution in [0.15, 0.2) is 34.8 Å². The molecule has 2 rings (SSSR count). The van der Waals surface area contributed by atoms with E-state index < -0.39 is 0 Å². The van der Waals surface area contributed by atoms with Crippen molar-refractivity contribution in [2.75, 3.05) is 7.05 Å². The van der Waals surface area contributed by atoms with Gasteiger partial charge in [-0.3, -0.25) is 0 Å². The van der Waals surface area contributed by atoms with Crippen LogP contribution in [0.25, 0.3) is 10.4 Å². The lowest BCUT2D eigenvalue weighted by molar-refractivity contribution is 0.831. The number of nitrogens with one attached hydrogen (secondary N) is 1. The molecule has 0 atom stereocenters. The lowest BCUT2D eigenvalue weighted by atomic mass is 10.1. The molecule has 0 aliphatic heterocycles. The molecule has 0 unspecified atom stereocenters. The highest BCUT2D eigenvalue weighted by atomic mass is 79.9. The second-order valence-electron chi connectivity index (χ2n) is 3.76. The van der Waals surface area contributed by atoms with Crippen molar-refractivity contribution in [2.24, 2.45) is 0 Å². The smallest absolute Gasteiger partial charge is 0.0346 e. The lowest BCUT2D eigenvalue weighted by Crippen LogP contribution is -2.02. The summed E-state index contributed by atoms with van der Waals surface area (Å²) in [7, 11) is 1.98. The Morgan fingerprint density at radius 2 is 2.06 bits per heavy atom. The molecule has 0 spiro atoms. The van der Waals surface area contributed by atoms with E-state index in [-0.39, 0.29) is 0 Å². The van der Waals surface area contributed by atoms with Gasteiger partial charge in [-0.1, -0.05) is 22.0 Å². The fourth-order valence-corrected chi connectivity index (χ4v) is 2.86. The van der Waals surface area contributed by atoms with E-state index in [9.17, 15) is 0 Å². The maximum Gasteiger partial charge on any atom is 0.0346 e. The molecule has 3 heteroatoms. The molecular formula is C13H14BrNS. The standard InChI is InChI=1S/C13H14BrNS/c1-9-7-10(3-5-12(9)14)13-6-4-11(16-13)8-15-2/h3-7,15H,8H2,1-2H3. The van der Waals surface area contributed by atoms with Gasteiger partial charge >= 0.3 is 0 Å². The van der Waals surface area contributed by atoms with Crippen molar-refractivity contribution in [3.8, 4) is 10.4 Å². The predicted octanol–water partition coefficient (Wildman–Crippen LogP) is 4.21. The Labute approximate surface area is 109 Å². The highest BCUT2D eigenvalue weighted by Crippen LogP contribution is 2.30. The van der Waals surface area contributed by atoms with Gasteiger partial charge in [0.05, 0.1) is 0 Å². The fourth-order valence-electron chi connectivity index (χ4n) is 1.60. The maximum atomic E-state index is 3.53. The van der Waals surface area contributed by atoms with Crippen LogP contribution in [-0.2, 0) is 6.54 Å². The Hall–Kier alpha value is -0.640. The molecule has 1 N–H and O–H groups in total. The maximum absolute atomic E-state index is 3.53. The minimum atomic E-state index is 0.945. The van der Waals surface area contributed by atoms with E-state index in [1.807, 2.05) is 18.4 Å². The molecule has 0 saturated carbocycles. The Bertz CT molecular complexity index is 490. The number of rotatable bonds is 3. The molecular weight excluding hydrogens is 282 g/mol. The Morgan fingerprint density at radius 1 is 1.25 bits per heavy atom. The Kier molecular flexibility index (Phi) is 3.79. The zero-order chi connectivity index (χ0) is 11.5. The predicted molar refractivity (Wildman–Crippen MR) is 75.0 cm³/mol. The molecule has 2 aromatic rings. The van der Waals surface area contributed by atoms with E-state index in [0.29, 0.717) is 0 Å². The first-order valence-corrected chi connectivity index (χ1v) is 6.81. The van der Waals surface area contributed by atoms with E-state index in [1.54, 1.807) is 0 Å². The summed E-state index contributed by atoms with van der Waals surface area (Å²) < 4.78 is 1.17. The van der Waals surface area contributed by atoms with Crippen LogP contribution in [0.5, 0.6) is 0 Å². The first-order chi connectivity index (χ1) is 7.70. The van der Waals surface area contributed by atoms with Gasteiger partial charge in [-0.05, 0) is 49.4 Å². The van der Waals surface area contributed by atoms with Crippen molar-refractivity contribution in [3.63, 3.8) is 0 Å². The number of hydrogen-bond acceptors (Lipinski definition) is 2. The summed E-state index contributed by atoms with van der Waals surface area (Å²) >= 11 is 5.37. The van der Waals surface area contributed by atoms with Gasteiger partial charge in [-0.2, -0.15) is 0 Å². The number of aryl methyl sites for hydroxylation is 1. The minimum absolute atomic E-state index is 0.945. The molecule has 0 amide bonds. The Balaban J connectivity index is 2.31. The zero-order valence-corrected chi connectivity index (χ0v) is 11.8. The molecule has 0 aliphatic rings. The lowest BCUT2D eigenvalue weighted by Gasteiger charge is -2.01. The Morgan fingerprint density at radius 3 is 2.75 bits per heavy atom. The fraction of sp³-hybridized carbons (Fsp3) is 0.231. The van der Waals surface area contributed by atoms with Crippen LogP contribution in [0.2, 0.25) is 0 Å². The molecule has 16 heavy (non-hydrogen) atoms. The number of benzene rings is 1. The molecule has 0 saturated heterocycles. The van der Waals surface area contributed by atoms with Crippen molar-refractivity contribution in [2.45, 2.75) is 13.5 Å². The molecule has 84 valence electrons. The van der Waals surface area contributed by atoms with Gasteiger partial charge in [-0.15, -0.1) is 11.3 Å². The van der Waals surface area contributed by atoms with Crippen LogP contribution in [0, 0.1) is 6.92 Å². The van der Waals surface area contributed by atoms with Crippen molar-refractivity contribution in [1.29, 1.82) is 0 Å². The van der Waals surface area contributed by atoms with Crippen LogP contribution in [0.4, 0.5) is 0 Å². The third-order valence-electron chi connectivity index (χ3n) is 2.46. The summed E-state index contributed by atoms with van der Waals surface area (Å²) in [5, 5.41) is 3.17. The van der Waals surface area contributed by atoms with E-state index >= 15 is 0 Å². The van der Waals surface area contributed by atoms with Gasteiger partial charge in [0.1, 0.15) is 0 Å². The van der Waals surface area contributed by atoms with Crippen LogP contribution in [0.1, 0.15) is 10.4 Å². The van der Waals surface area contributed by atoms with E-state index in [2.05, 4.69) is 58.5 Å². The zero-order valence-electron chi connectivity index (χ0n) is 9.38. The van der Waals surface area contributed by atoms with Crippen LogP contribution in [-0.4, -0.2) is 7.05 Å². The number of halogens is 1. The van der Waals surface area contributed by atoms with E-state index in [0.717, 1.165) is 6.54 Å². The second kappa shape index (κ2) is 5.13. The van der Waals surface area contributed by atoms with E-state index in [4.69, 9.17) is 0 Å². The first-order valence-electron chi connectivity index (χ1n) is 5.20. The number of hydrogen-bond donors (Lipinski definition) is 1. The summed E-state index contributed by atoms with van der Waals surface area (Å²) in [6.07, 6.45) is 0. The third-order valence-corrected chi connectivity index (χ3v) is 4.48. The highest BCUT2D eigenvalue weighted by molar-refractivity contribution is 9.10. The molecule has 1 heterocycles. The van der Waals surface area contributed by atoms with Crippen LogP contribution in [0.3, 0.4) is 0 Å². The van der Waals surface area contributed by atoms with Gasteiger partial charge in [0.25, 0.3) is 0 Å². The third kappa shape index (κ3) is 2.54. The van der Waals surface area contributed by atoms with Crippen LogP contribution < -0.4 is 5.32 Å². The molecule has 0 radical (unpaired) electrons. The van der Waals surface area contributed by atoms with Crippen molar-refractivity contribution in [3.05, 3.63) is 45.2 Å². The van der Waals surface area contributed by atoms with Gasteiger partial charge in [0, 0.05) is 20.8 Å². The minimum Gasteiger partial charge on any atom is -0.315 e. The SMILES string of the molecule is CNCc1ccc(-c2ccc(Br)c(C)c2)s1. The molecule has 1 nitrogen and oxygen atoms in total. The number of thiophene rings is 1. The quantitative estimate of drug-likeness (QED) is 0.895. The molecule has 0 bridgehead atoms. The van der Waals surface area contributed by atoms with Crippen molar-refractivity contribution < 1.29 is 0 Å². The summed E-state index contributed by atoms with van der Waals surface area (Å²) in [4.78, 5) is 2.71. The molecule has 1 aromatic heterocycles. The second-order valence-corrected chi connectivity index (χ2v) is 5.78. The highest BCUT2D eigenvalue weighted by Gasteiger charge is 2.03. The van der Waals surface area contributed by atoms with Crippen molar-refractivity contribution in [1.82, 2.24) is 5.32 Å². The summed E-state index contributed by atoms with van der Waals surface area (Å²) in [5.74, 6) is 0. The van der Waals surface area contributed by atoms with Gasteiger partial charge in [-0.25, -0.2) is 0 Å². The monoisotopic (exact) mass is 295 g/mol. The summed E-state index contributed by atoms with van der Waals surface area (Å²) in [5.41, 5.74) is 2.58. The normalized spacial score (nSPS) is 10.7. The van der Waals surface area contributed by atoms with E-state index in [1.165, 1.54) is 25.4 Å². The van der Waals surface area contributed by atoms with Gasteiger partial charge < -0.3 is 5.32 Å². The summed E-state index contributed by atoms with van der Waals surface area (Å²) in [6.45, 7) is 3.07. The molecule has 0 aliphatic carbocycles. The molecule has 0 fully saturated rings. The first kappa shape index (κ1) is 11.8. The largest absolute Gasteiger partial charge is 0.315 e. The summed E-state index contributed by atoms with van der Waals surface area (Å²) in [6, 6.07) is 10.9. The van der Waals surface area contributed by atoms with Crippen molar-refractivity contribution >= 4 is 27.3 Å². The van der Waals surface area contributed by atoms with Crippen LogP contribution >= 0.6 is 27.3 Å².